The maximum atomic E-state index is 15.8. The molecular formula is C28H26FN3O5S. The topological polar surface area (TPSA) is 81.1 Å². The Labute approximate surface area is 222 Å². The van der Waals surface area contributed by atoms with Crippen molar-refractivity contribution >= 4 is 23.6 Å². The molecule has 2 aromatic carbocycles. The van der Waals surface area contributed by atoms with E-state index in [9.17, 15) is 14.4 Å². The Balaban J connectivity index is 1.64. The number of benzene rings is 2. The summed E-state index contributed by atoms with van der Waals surface area (Å²) in [5.41, 5.74) is 1.57. The number of halogens is 1. The minimum atomic E-state index is -0.658. The number of morpholine rings is 1. The molecule has 1 fully saturated rings. The van der Waals surface area contributed by atoms with Gasteiger partial charge in [-0.15, -0.1) is 11.8 Å². The smallest absolute Gasteiger partial charge is 0.313 e. The highest BCUT2D eigenvalue weighted by molar-refractivity contribution is 7.98. The van der Waals surface area contributed by atoms with Crippen LogP contribution in [-0.4, -0.2) is 47.4 Å². The zero-order valence-electron chi connectivity index (χ0n) is 20.9. The van der Waals surface area contributed by atoms with Crippen LogP contribution in [0.15, 0.2) is 64.4 Å². The van der Waals surface area contributed by atoms with Gasteiger partial charge in [-0.3, -0.25) is 24.1 Å². The van der Waals surface area contributed by atoms with Crippen LogP contribution in [0.5, 0.6) is 5.75 Å². The van der Waals surface area contributed by atoms with Crippen molar-refractivity contribution in [3.63, 3.8) is 0 Å². The molecule has 3 aromatic rings. The van der Waals surface area contributed by atoms with Crippen molar-refractivity contribution in [3.8, 4) is 5.75 Å². The van der Waals surface area contributed by atoms with Crippen LogP contribution in [0.25, 0.3) is 0 Å². The van der Waals surface area contributed by atoms with Crippen molar-refractivity contribution in [2.24, 2.45) is 5.92 Å². The molecule has 0 spiro atoms. The molecule has 6 rings (SSSR count). The normalized spacial score (nSPS) is 20.3. The average molecular weight is 536 g/mol. The minimum absolute atomic E-state index is 0.0584. The molecule has 0 unspecified atom stereocenters. The van der Waals surface area contributed by atoms with Gasteiger partial charge in [0.15, 0.2) is 5.69 Å². The highest BCUT2D eigenvalue weighted by atomic mass is 32.2. The standard InChI is InChI=1S/C28H26FN3O5S/c1-16(2)28(35)37-26-20(33)10-11-31-25(26)27(34)30-12-13-36-14-22(30)32(31)24-18-7-3-4-9-21(18)38-15-17-6-5-8-19(29)23(17)24/h3-11,16,22,24H,12-15H2,1-2H3/t22-,24-/m1/s1. The second-order valence-electron chi connectivity index (χ2n) is 9.75. The summed E-state index contributed by atoms with van der Waals surface area (Å²) in [5.74, 6) is -1.67. The second kappa shape index (κ2) is 9.59. The molecular weight excluding hydrogens is 509 g/mol. The van der Waals surface area contributed by atoms with Crippen molar-refractivity contribution in [2.75, 3.05) is 24.8 Å². The van der Waals surface area contributed by atoms with E-state index in [0.29, 0.717) is 17.9 Å². The summed E-state index contributed by atoms with van der Waals surface area (Å²) < 4.78 is 28.6. The lowest BCUT2D eigenvalue weighted by Gasteiger charge is -2.51. The van der Waals surface area contributed by atoms with Crippen LogP contribution < -0.4 is 15.2 Å². The Bertz CT molecular complexity index is 1510. The quantitative estimate of drug-likeness (QED) is 0.473. The number of esters is 1. The maximum Gasteiger partial charge on any atom is 0.313 e. The Morgan fingerprint density at radius 3 is 2.76 bits per heavy atom. The van der Waals surface area contributed by atoms with E-state index in [1.165, 1.54) is 18.3 Å². The van der Waals surface area contributed by atoms with Gasteiger partial charge < -0.3 is 14.4 Å². The van der Waals surface area contributed by atoms with Gasteiger partial charge in [-0.1, -0.05) is 44.2 Å². The van der Waals surface area contributed by atoms with E-state index in [0.717, 1.165) is 16.0 Å². The lowest BCUT2D eigenvalue weighted by Crippen LogP contribution is -2.66. The van der Waals surface area contributed by atoms with Crippen molar-refractivity contribution in [2.45, 2.75) is 36.7 Å². The molecule has 3 aliphatic rings. The van der Waals surface area contributed by atoms with Crippen LogP contribution in [-0.2, 0) is 15.3 Å². The summed E-state index contributed by atoms with van der Waals surface area (Å²) in [6.45, 7) is 4.08. The van der Waals surface area contributed by atoms with E-state index in [4.69, 9.17) is 9.47 Å². The van der Waals surface area contributed by atoms with Gasteiger partial charge >= 0.3 is 5.97 Å². The third-order valence-electron chi connectivity index (χ3n) is 7.11. The molecule has 4 heterocycles. The molecule has 1 amide bonds. The number of aromatic nitrogens is 1. The van der Waals surface area contributed by atoms with Crippen molar-refractivity contribution in [1.29, 1.82) is 0 Å². The fourth-order valence-electron chi connectivity index (χ4n) is 5.27. The molecule has 0 N–H and O–H groups in total. The third kappa shape index (κ3) is 3.90. The van der Waals surface area contributed by atoms with Gasteiger partial charge in [-0.05, 0) is 23.3 Å². The molecule has 2 atom stereocenters. The first-order valence-corrected chi connectivity index (χ1v) is 13.5. The van der Waals surface area contributed by atoms with E-state index in [1.54, 1.807) is 41.3 Å². The van der Waals surface area contributed by atoms with Gasteiger partial charge in [0.1, 0.15) is 18.0 Å². The Morgan fingerprint density at radius 2 is 1.95 bits per heavy atom. The lowest BCUT2D eigenvalue weighted by molar-refractivity contribution is -0.137. The van der Waals surface area contributed by atoms with E-state index in [-0.39, 0.29) is 30.4 Å². The van der Waals surface area contributed by atoms with Crippen LogP contribution in [0.4, 0.5) is 4.39 Å². The summed E-state index contributed by atoms with van der Waals surface area (Å²) in [6.07, 6.45) is 0.906. The van der Waals surface area contributed by atoms with Crippen LogP contribution in [0, 0.1) is 11.7 Å². The average Bonchev–Trinajstić information content (AvgIpc) is 3.08. The van der Waals surface area contributed by atoms with Gasteiger partial charge in [-0.2, -0.15) is 0 Å². The molecule has 10 heteroatoms. The number of fused-ring (bicyclic) bond motifs is 4. The fourth-order valence-corrected chi connectivity index (χ4v) is 6.36. The molecule has 1 saturated heterocycles. The summed E-state index contributed by atoms with van der Waals surface area (Å²) in [7, 11) is 0. The van der Waals surface area contributed by atoms with Gasteiger partial charge in [0.25, 0.3) is 5.91 Å². The number of amides is 1. The van der Waals surface area contributed by atoms with E-state index >= 15 is 4.39 Å². The van der Waals surface area contributed by atoms with Gasteiger partial charge in [0.2, 0.25) is 11.2 Å². The number of carbonyl (C=O) groups excluding carboxylic acids is 2. The lowest BCUT2D eigenvalue weighted by atomic mass is 9.93. The van der Waals surface area contributed by atoms with Crippen LogP contribution >= 0.6 is 11.8 Å². The zero-order valence-corrected chi connectivity index (χ0v) is 21.7. The van der Waals surface area contributed by atoms with Crippen LogP contribution in [0.2, 0.25) is 0 Å². The largest absolute Gasteiger partial charge is 0.420 e. The predicted octanol–water partition coefficient (Wildman–Crippen LogP) is 3.69. The molecule has 0 aliphatic carbocycles. The Hall–Kier alpha value is -3.63. The summed E-state index contributed by atoms with van der Waals surface area (Å²) in [6, 6.07) is 13.5. The molecule has 196 valence electrons. The summed E-state index contributed by atoms with van der Waals surface area (Å²) in [4.78, 5) is 42.0. The summed E-state index contributed by atoms with van der Waals surface area (Å²) >= 11 is 1.62. The molecule has 38 heavy (non-hydrogen) atoms. The number of pyridine rings is 1. The second-order valence-corrected chi connectivity index (χ2v) is 10.8. The van der Waals surface area contributed by atoms with E-state index < -0.39 is 35.4 Å². The highest BCUT2D eigenvalue weighted by Crippen LogP contribution is 2.45. The first-order valence-electron chi connectivity index (χ1n) is 12.5. The van der Waals surface area contributed by atoms with Crippen molar-refractivity contribution in [3.05, 3.63) is 93.2 Å². The number of carbonyl (C=O) groups is 2. The number of hydrogen-bond donors (Lipinski definition) is 0. The molecule has 0 radical (unpaired) electrons. The number of hydrogen-bond acceptors (Lipinski definition) is 7. The highest BCUT2D eigenvalue weighted by Gasteiger charge is 2.46. The van der Waals surface area contributed by atoms with E-state index in [1.807, 2.05) is 35.3 Å². The maximum absolute atomic E-state index is 15.8. The van der Waals surface area contributed by atoms with Crippen molar-refractivity contribution in [1.82, 2.24) is 9.58 Å². The van der Waals surface area contributed by atoms with Gasteiger partial charge in [0.05, 0.1) is 19.1 Å². The van der Waals surface area contributed by atoms with Crippen molar-refractivity contribution < 1.29 is 23.5 Å². The SMILES string of the molecule is CC(C)C(=O)Oc1c2n(ccc1=O)N([C@@H]1c3ccccc3SCc3cccc(F)c31)[C@@H]1COCCN1C2=O. The zero-order chi connectivity index (χ0) is 26.6. The molecule has 1 aromatic heterocycles. The van der Waals surface area contributed by atoms with Crippen LogP contribution in [0.1, 0.15) is 47.1 Å². The molecule has 0 saturated carbocycles. The first-order chi connectivity index (χ1) is 18.4. The molecule has 8 nitrogen and oxygen atoms in total. The minimum Gasteiger partial charge on any atom is -0.420 e. The Morgan fingerprint density at radius 1 is 1.13 bits per heavy atom. The number of rotatable bonds is 3. The number of thioether (sulfide) groups is 1. The Kier molecular flexibility index (Phi) is 6.23. The first kappa shape index (κ1) is 24.7. The monoisotopic (exact) mass is 535 g/mol. The van der Waals surface area contributed by atoms with Gasteiger partial charge in [-0.25, -0.2) is 4.39 Å². The molecule has 0 bridgehead atoms. The summed E-state index contributed by atoms with van der Waals surface area (Å²) in [5, 5.41) is 1.88. The molecule has 3 aliphatic heterocycles. The number of ether oxygens (including phenoxy) is 2. The third-order valence-corrected chi connectivity index (χ3v) is 8.25. The van der Waals surface area contributed by atoms with Gasteiger partial charge in [0, 0.05) is 35.0 Å². The predicted molar refractivity (Wildman–Crippen MR) is 139 cm³/mol. The fraction of sp³-hybridized carbons (Fsp3) is 0.321. The van der Waals surface area contributed by atoms with Crippen LogP contribution in [0.3, 0.4) is 0 Å². The van der Waals surface area contributed by atoms with E-state index in [2.05, 4.69) is 0 Å². The number of nitrogens with zero attached hydrogens (tertiary/aromatic N) is 3.